The molecule has 0 unspecified atom stereocenters. The first-order chi connectivity index (χ1) is 17.4. The van der Waals surface area contributed by atoms with E-state index in [9.17, 15) is 18.8 Å². The number of hydrogen-bond acceptors (Lipinski definition) is 6. The van der Waals surface area contributed by atoms with Gasteiger partial charge in [-0.3, -0.25) is 14.4 Å². The molecular weight excluding hydrogens is 469 g/mol. The number of fused-ring (bicyclic) bond motifs is 2. The minimum absolute atomic E-state index is 0.0924. The molecule has 36 heavy (non-hydrogen) atoms. The maximum absolute atomic E-state index is 13.8. The molecule has 9 nitrogen and oxygen atoms in total. The van der Waals surface area contributed by atoms with Gasteiger partial charge >= 0.3 is 0 Å². The van der Waals surface area contributed by atoms with E-state index in [-0.39, 0.29) is 61.9 Å². The van der Waals surface area contributed by atoms with Crippen molar-refractivity contribution in [1.29, 1.82) is 0 Å². The lowest BCUT2D eigenvalue weighted by Gasteiger charge is -2.42. The fourth-order valence-electron chi connectivity index (χ4n) is 4.55. The number of amides is 3. The van der Waals surface area contributed by atoms with Gasteiger partial charge in [0, 0.05) is 32.0 Å². The van der Waals surface area contributed by atoms with Gasteiger partial charge in [0.25, 0.3) is 5.91 Å². The quantitative estimate of drug-likeness (QED) is 0.607. The first-order valence-corrected chi connectivity index (χ1v) is 11.8. The Morgan fingerprint density at radius 2 is 1.97 bits per heavy atom. The number of likely N-dealkylation sites (N-methyl/N-ethyl adjacent to an activating group) is 1. The van der Waals surface area contributed by atoms with E-state index >= 15 is 0 Å². The number of rotatable bonds is 7. The van der Waals surface area contributed by atoms with Crippen molar-refractivity contribution in [3.63, 3.8) is 0 Å². The highest BCUT2D eigenvalue weighted by molar-refractivity contribution is 6.00. The Bertz CT molecular complexity index is 1130. The van der Waals surface area contributed by atoms with Gasteiger partial charge in [0.2, 0.25) is 11.8 Å². The molecule has 192 valence electrons. The molecule has 0 spiro atoms. The van der Waals surface area contributed by atoms with Gasteiger partial charge in [-0.25, -0.2) is 4.39 Å². The summed E-state index contributed by atoms with van der Waals surface area (Å²) >= 11 is 0. The predicted octanol–water partition coefficient (Wildman–Crippen LogP) is 2.50. The number of carbonyl (C=O) groups excluding carboxylic acids is 3. The summed E-state index contributed by atoms with van der Waals surface area (Å²) in [6.07, 6.45) is 0.617. The van der Waals surface area contributed by atoms with Crippen molar-refractivity contribution >= 4 is 23.4 Å². The van der Waals surface area contributed by atoms with Crippen molar-refractivity contribution in [3.8, 4) is 5.75 Å². The SMILES string of the molecule is COCC(=O)Nc1ccc2c(c1)C(=O)N(C)[C@H]1CC[C@@H](CC(=O)NCc3ccccc3F)O[C@H]1CO2. The van der Waals surface area contributed by atoms with Crippen molar-refractivity contribution in [1.82, 2.24) is 10.2 Å². The summed E-state index contributed by atoms with van der Waals surface area (Å²) in [5, 5.41) is 5.44. The van der Waals surface area contributed by atoms with Crippen LogP contribution in [0.2, 0.25) is 0 Å². The topological polar surface area (TPSA) is 106 Å². The number of nitrogens with zero attached hydrogens (tertiary/aromatic N) is 1. The number of ether oxygens (including phenoxy) is 3. The Morgan fingerprint density at radius 3 is 2.75 bits per heavy atom. The van der Waals surface area contributed by atoms with Crippen LogP contribution >= 0.6 is 0 Å². The second kappa shape index (κ2) is 11.5. The summed E-state index contributed by atoms with van der Waals surface area (Å²) in [5.41, 5.74) is 1.24. The molecule has 10 heteroatoms. The lowest BCUT2D eigenvalue weighted by molar-refractivity contribution is -0.134. The highest BCUT2D eigenvalue weighted by Gasteiger charge is 2.39. The smallest absolute Gasteiger partial charge is 0.257 e. The molecule has 2 aliphatic rings. The van der Waals surface area contributed by atoms with Crippen molar-refractivity contribution in [3.05, 3.63) is 59.4 Å². The third-order valence-electron chi connectivity index (χ3n) is 6.42. The van der Waals surface area contributed by atoms with E-state index in [0.717, 1.165) is 0 Å². The molecule has 0 aromatic heterocycles. The van der Waals surface area contributed by atoms with Crippen molar-refractivity contribution in [2.24, 2.45) is 0 Å². The van der Waals surface area contributed by atoms with Gasteiger partial charge in [-0.15, -0.1) is 0 Å². The molecule has 2 heterocycles. The molecule has 2 N–H and O–H groups in total. The third kappa shape index (κ3) is 6.00. The van der Waals surface area contributed by atoms with E-state index in [2.05, 4.69) is 10.6 Å². The van der Waals surface area contributed by atoms with Crippen LogP contribution in [-0.2, 0) is 25.6 Å². The van der Waals surface area contributed by atoms with Crippen LogP contribution in [0.25, 0.3) is 0 Å². The molecular formula is C26H30FN3O6. The van der Waals surface area contributed by atoms with Gasteiger partial charge in [-0.1, -0.05) is 18.2 Å². The van der Waals surface area contributed by atoms with Gasteiger partial charge in [0.15, 0.2) is 0 Å². The summed E-state index contributed by atoms with van der Waals surface area (Å²) in [7, 11) is 3.15. The largest absolute Gasteiger partial charge is 0.490 e. The van der Waals surface area contributed by atoms with Gasteiger partial charge in [-0.2, -0.15) is 0 Å². The number of halogens is 1. The normalized spacial score (nSPS) is 21.4. The van der Waals surface area contributed by atoms with Crippen LogP contribution in [0.4, 0.5) is 10.1 Å². The molecule has 2 aromatic carbocycles. The average molecular weight is 500 g/mol. The molecule has 0 bridgehead atoms. The molecule has 2 aliphatic heterocycles. The Hall–Kier alpha value is -3.50. The zero-order chi connectivity index (χ0) is 25.7. The minimum Gasteiger partial charge on any atom is -0.490 e. The Kier molecular flexibility index (Phi) is 8.17. The van der Waals surface area contributed by atoms with Crippen LogP contribution in [0.1, 0.15) is 35.2 Å². The number of carbonyl (C=O) groups is 3. The molecule has 3 amide bonds. The molecule has 4 rings (SSSR count). The maximum atomic E-state index is 13.8. The number of methoxy groups -OCH3 is 1. The monoisotopic (exact) mass is 499 g/mol. The fourth-order valence-corrected chi connectivity index (χ4v) is 4.55. The highest BCUT2D eigenvalue weighted by Crippen LogP contribution is 2.32. The first-order valence-electron chi connectivity index (χ1n) is 11.8. The molecule has 0 radical (unpaired) electrons. The zero-order valence-electron chi connectivity index (χ0n) is 20.3. The molecule has 1 fully saturated rings. The van der Waals surface area contributed by atoms with E-state index in [1.54, 1.807) is 48.3 Å². The second-order valence-electron chi connectivity index (χ2n) is 8.93. The van der Waals surface area contributed by atoms with Crippen LogP contribution in [-0.4, -0.2) is 68.2 Å². The number of hydrogen-bond donors (Lipinski definition) is 2. The van der Waals surface area contributed by atoms with Crippen LogP contribution in [0.5, 0.6) is 5.75 Å². The van der Waals surface area contributed by atoms with Gasteiger partial charge in [0.1, 0.15) is 30.9 Å². The van der Waals surface area contributed by atoms with Crippen LogP contribution < -0.4 is 15.4 Å². The van der Waals surface area contributed by atoms with Crippen LogP contribution in [0, 0.1) is 5.82 Å². The van der Waals surface area contributed by atoms with E-state index in [0.29, 0.717) is 35.4 Å². The summed E-state index contributed by atoms with van der Waals surface area (Å²) < 4.78 is 30.7. The summed E-state index contributed by atoms with van der Waals surface area (Å²) in [6, 6.07) is 11.0. The molecule has 3 atom stereocenters. The second-order valence-corrected chi connectivity index (χ2v) is 8.93. The van der Waals surface area contributed by atoms with Crippen molar-refractivity contribution < 1.29 is 33.0 Å². The Labute approximate surface area is 208 Å². The van der Waals surface area contributed by atoms with E-state index < -0.39 is 6.10 Å². The maximum Gasteiger partial charge on any atom is 0.257 e. The van der Waals surface area contributed by atoms with Gasteiger partial charge < -0.3 is 29.7 Å². The standard InChI is InChI=1S/C26H30FN3O6/c1-30-21-9-8-18(12-24(31)28-13-16-5-3-4-6-20(16)27)36-23(21)14-35-22-10-7-17(11-19(22)26(30)33)29-25(32)15-34-2/h3-7,10-11,18,21,23H,8-9,12-15H2,1-2H3,(H,28,31)(H,29,32)/t18-,21-,23-/m0/s1. The number of benzene rings is 2. The van der Waals surface area contributed by atoms with Gasteiger partial charge in [-0.05, 0) is 37.1 Å². The first kappa shape index (κ1) is 25.6. The third-order valence-corrected chi connectivity index (χ3v) is 6.42. The average Bonchev–Trinajstić information content (AvgIpc) is 2.86. The van der Waals surface area contributed by atoms with Crippen molar-refractivity contribution in [2.45, 2.75) is 44.1 Å². The Morgan fingerprint density at radius 1 is 1.17 bits per heavy atom. The lowest BCUT2D eigenvalue weighted by Crippen LogP contribution is -2.53. The van der Waals surface area contributed by atoms with Crippen LogP contribution in [0.15, 0.2) is 42.5 Å². The van der Waals surface area contributed by atoms with E-state index in [1.807, 2.05) is 0 Å². The minimum atomic E-state index is -0.411. The summed E-state index contributed by atoms with van der Waals surface area (Å²) in [5.74, 6) is -0.768. The lowest BCUT2D eigenvalue weighted by atomic mass is 9.94. The van der Waals surface area contributed by atoms with Crippen molar-refractivity contribution in [2.75, 3.05) is 32.7 Å². The summed E-state index contributed by atoms with van der Waals surface area (Å²) in [4.78, 5) is 39.2. The Balaban J connectivity index is 1.38. The van der Waals surface area contributed by atoms with Crippen LogP contribution in [0.3, 0.4) is 0 Å². The molecule has 2 aromatic rings. The molecule has 0 saturated carbocycles. The fraction of sp³-hybridized carbons (Fsp3) is 0.423. The molecule has 1 saturated heterocycles. The number of anilines is 1. The summed E-state index contributed by atoms with van der Waals surface area (Å²) in [6.45, 7) is 0.220. The van der Waals surface area contributed by atoms with E-state index in [1.165, 1.54) is 13.2 Å². The zero-order valence-corrected chi connectivity index (χ0v) is 20.3. The van der Waals surface area contributed by atoms with E-state index in [4.69, 9.17) is 14.2 Å². The number of nitrogens with one attached hydrogen (secondary N) is 2. The van der Waals surface area contributed by atoms with Gasteiger partial charge in [0.05, 0.1) is 24.1 Å². The molecule has 0 aliphatic carbocycles. The predicted molar refractivity (Wildman–Crippen MR) is 129 cm³/mol. The highest BCUT2D eigenvalue weighted by atomic mass is 19.1.